The number of aliphatic carboxylic acids is 1. The number of quaternary nitrogens is 1. The molecule has 0 bridgehead atoms. The molecule has 0 aliphatic carbocycles. The highest BCUT2D eigenvalue weighted by Gasteiger charge is 2.25. The van der Waals surface area contributed by atoms with Gasteiger partial charge in [0, 0.05) is 19.3 Å². The van der Waals surface area contributed by atoms with E-state index in [9.17, 15) is 19.5 Å². The van der Waals surface area contributed by atoms with E-state index in [1.807, 2.05) is 85.1 Å². The first-order valence-electron chi connectivity index (χ1n) is 20.7. The molecule has 0 saturated heterocycles. The van der Waals surface area contributed by atoms with Crippen LogP contribution in [0.5, 0.6) is 0 Å². The molecule has 0 fully saturated rings. The van der Waals surface area contributed by atoms with Crippen molar-refractivity contribution in [2.75, 3.05) is 41.0 Å². The molecule has 0 aromatic rings. The fraction of sp³-hybridized carbons (Fsp3) is 0.521. The van der Waals surface area contributed by atoms with Crippen molar-refractivity contribution in [3.63, 3.8) is 0 Å². The summed E-state index contributed by atoms with van der Waals surface area (Å²) in [6, 6.07) is -0.746. The Labute approximate surface area is 340 Å². The Hall–Kier alpha value is -4.27. The summed E-state index contributed by atoms with van der Waals surface area (Å²) in [5.41, 5.74) is 0. The highest BCUT2D eigenvalue weighted by atomic mass is 16.6. The van der Waals surface area contributed by atoms with Crippen molar-refractivity contribution in [3.05, 3.63) is 122 Å². The average molecular weight is 776 g/mol. The molecule has 8 heteroatoms. The molecule has 56 heavy (non-hydrogen) atoms. The van der Waals surface area contributed by atoms with Crippen molar-refractivity contribution in [1.29, 1.82) is 0 Å². The zero-order valence-corrected chi connectivity index (χ0v) is 35.2. The summed E-state index contributed by atoms with van der Waals surface area (Å²) in [5, 5.41) is 11.6. The number of rotatable bonds is 34. The van der Waals surface area contributed by atoms with Gasteiger partial charge in [0.2, 0.25) is 0 Å². The second kappa shape index (κ2) is 37.6. The van der Waals surface area contributed by atoms with E-state index in [0.717, 1.165) is 70.6 Å². The molecule has 0 amide bonds. The Morgan fingerprint density at radius 3 is 1.41 bits per heavy atom. The fourth-order valence-corrected chi connectivity index (χ4v) is 5.17. The normalized spacial score (nSPS) is 14.2. The summed E-state index contributed by atoms with van der Waals surface area (Å²) in [7, 11) is 5.36. The van der Waals surface area contributed by atoms with E-state index in [2.05, 4.69) is 50.3 Å². The molecule has 2 unspecified atom stereocenters. The van der Waals surface area contributed by atoms with Gasteiger partial charge in [-0.15, -0.1) is 0 Å². The number of carboxylic acid groups (broad SMARTS) is 1. The maximum atomic E-state index is 12.7. The molecular weight excluding hydrogens is 703 g/mol. The number of esters is 2. The maximum Gasteiger partial charge on any atom is 0.306 e. The van der Waals surface area contributed by atoms with Gasteiger partial charge in [-0.2, -0.15) is 0 Å². The Morgan fingerprint density at radius 2 is 0.946 bits per heavy atom. The number of carboxylic acids is 1. The molecule has 0 rings (SSSR count). The molecular formula is C48H73NO7. The Bertz CT molecular complexity index is 1320. The van der Waals surface area contributed by atoms with E-state index in [0.29, 0.717) is 12.8 Å². The summed E-state index contributed by atoms with van der Waals surface area (Å²) < 4.78 is 17.1. The van der Waals surface area contributed by atoms with Gasteiger partial charge in [-0.3, -0.25) is 9.59 Å². The maximum absolute atomic E-state index is 12.7. The van der Waals surface area contributed by atoms with Gasteiger partial charge in [-0.05, 0) is 51.4 Å². The number of carbonyl (C=O) groups excluding carboxylic acids is 3. The molecule has 0 heterocycles. The predicted octanol–water partition coefficient (Wildman–Crippen LogP) is 9.74. The van der Waals surface area contributed by atoms with E-state index >= 15 is 0 Å². The van der Waals surface area contributed by atoms with Crippen LogP contribution in [0.2, 0.25) is 0 Å². The van der Waals surface area contributed by atoms with Crippen molar-refractivity contribution >= 4 is 17.9 Å². The van der Waals surface area contributed by atoms with Crippen LogP contribution in [0, 0.1) is 0 Å². The lowest BCUT2D eigenvalue weighted by Crippen LogP contribution is -2.55. The molecule has 0 saturated carbocycles. The number of allylic oxidation sites excluding steroid dienone is 20. The van der Waals surface area contributed by atoms with Gasteiger partial charge in [0.15, 0.2) is 6.10 Å². The quantitative estimate of drug-likeness (QED) is 0.0278. The van der Waals surface area contributed by atoms with Crippen molar-refractivity contribution in [3.8, 4) is 0 Å². The van der Waals surface area contributed by atoms with Gasteiger partial charge in [-0.25, -0.2) is 0 Å². The summed E-state index contributed by atoms with van der Waals surface area (Å²) in [6.45, 7) is 4.27. The molecule has 2 atom stereocenters. The van der Waals surface area contributed by atoms with Gasteiger partial charge >= 0.3 is 11.9 Å². The SMILES string of the molecule is CC/C=C/C=C/C=C/C=C/C=C/C=C/C=C/CCCCCC(=O)OC(COCCC(C(=O)[O-])[N+](C)(C)C)COC(=O)CCCCCCC/C=C/C=C/C=C/CC. The number of nitrogens with zero attached hydrogens (tertiary/aromatic N) is 1. The van der Waals surface area contributed by atoms with Crippen LogP contribution in [0.3, 0.4) is 0 Å². The van der Waals surface area contributed by atoms with E-state index in [1.54, 1.807) is 21.1 Å². The zero-order chi connectivity index (χ0) is 41.4. The molecule has 0 spiro atoms. The van der Waals surface area contributed by atoms with Crippen molar-refractivity contribution in [1.82, 2.24) is 0 Å². The standard InChI is InChI=1S/C48H73NO7/c1-6-8-10-12-14-16-18-20-21-22-23-24-25-27-29-31-33-35-37-39-47(51)56-44(42-54-41-40-45(48(52)53)49(3,4)5)43-55-46(50)38-36-34-32-30-28-26-19-17-15-13-11-9-7-2/h8-25,27,29,44-45H,6-7,26,28,30-43H2,1-5H3/b10-8+,11-9+,14-12+,15-13+,18-16+,19-17+,21-20+,23-22+,25-24+,29-27+. The monoisotopic (exact) mass is 776 g/mol. The molecule has 0 radical (unpaired) electrons. The smallest absolute Gasteiger partial charge is 0.306 e. The van der Waals surface area contributed by atoms with Crippen molar-refractivity contribution in [2.45, 2.75) is 122 Å². The average Bonchev–Trinajstić information content (AvgIpc) is 3.15. The van der Waals surface area contributed by atoms with E-state index in [4.69, 9.17) is 14.2 Å². The van der Waals surface area contributed by atoms with Gasteiger partial charge < -0.3 is 28.6 Å². The number of likely N-dealkylation sites (N-methyl/N-ethyl adjacent to an activating group) is 1. The van der Waals surface area contributed by atoms with Crippen molar-refractivity contribution < 1.29 is 38.2 Å². The summed E-state index contributed by atoms with van der Waals surface area (Å²) in [4.78, 5) is 36.8. The molecule has 0 aliphatic heterocycles. The number of unbranched alkanes of at least 4 members (excludes halogenated alkanes) is 8. The summed E-state index contributed by atoms with van der Waals surface area (Å²) in [6.07, 6.45) is 52.2. The lowest BCUT2D eigenvalue weighted by atomic mass is 10.1. The summed E-state index contributed by atoms with van der Waals surface area (Å²) in [5.74, 6) is -1.85. The third-order valence-corrected chi connectivity index (χ3v) is 8.35. The minimum Gasteiger partial charge on any atom is -0.544 e. The van der Waals surface area contributed by atoms with Crippen LogP contribution in [-0.4, -0.2) is 75.5 Å². The number of hydrogen-bond donors (Lipinski definition) is 0. The zero-order valence-electron chi connectivity index (χ0n) is 35.2. The van der Waals surface area contributed by atoms with Crippen LogP contribution in [-0.2, 0) is 28.6 Å². The van der Waals surface area contributed by atoms with Gasteiger partial charge in [0.05, 0.1) is 40.3 Å². The van der Waals surface area contributed by atoms with Gasteiger partial charge in [0.1, 0.15) is 12.6 Å². The third-order valence-electron chi connectivity index (χ3n) is 8.35. The Kier molecular flexibility index (Phi) is 34.8. The largest absolute Gasteiger partial charge is 0.544 e. The minimum atomic E-state index is -1.14. The predicted molar refractivity (Wildman–Crippen MR) is 230 cm³/mol. The lowest BCUT2D eigenvalue weighted by Gasteiger charge is -2.34. The highest BCUT2D eigenvalue weighted by molar-refractivity contribution is 5.70. The van der Waals surface area contributed by atoms with E-state index in [-0.39, 0.29) is 49.1 Å². The van der Waals surface area contributed by atoms with Crippen LogP contribution in [0.15, 0.2) is 122 Å². The second-order valence-corrected chi connectivity index (χ2v) is 14.4. The van der Waals surface area contributed by atoms with Crippen molar-refractivity contribution in [2.24, 2.45) is 0 Å². The van der Waals surface area contributed by atoms with Crippen LogP contribution < -0.4 is 5.11 Å². The number of carbonyl (C=O) groups is 3. The molecule has 8 nitrogen and oxygen atoms in total. The van der Waals surface area contributed by atoms with Crippen LogP contribution in [0.4, 0.5) is 0 Å². The second-order valence-electron chi connectivity index (χ2n) is 14.4. The fourth-order valence-electron chi connectivity index (χ4n) is 5.17. The molecule has 0 N–H and O–H groups in total. The topological polar surface area (TPSA) is 102 Å². The lowest BCUT2D eigenvalue weighted by molar-refractivity contribution is -0.889. The van der Waals surface area contributed by atoms with Crippen LogP contribution in [0.25, 0.3) is 0 Å². The molecule has 0 aliphatic rings. The first-order chi connectivity index (χ1) is 27.1. The highest BCUT2D eigenvalue weighted by Crippen LogP contribution is 2.11. The minimum absolute atomic E-state index is 0.00520. The van der Waals surface area contributed by atoms with E-state index in [1.165, 1.54) is 0 Å². The first kappa shape index (κ1) is 51.7. The Morgan fingerprint density at radius 1 is 0.536 bits per heavy atom. The van der Waals surface area contributed by atoms with E-state index < -0.39 is 18.1 Å². The summed E-state index contributed by atoms with van der Waals surface area (Å²) >= 11 is 0. The van der Waals surface area contributed by atoms with Gasteiger partial charge in [0.25, 0.3) is 0 Å². The number of hydrogen-bond acceptors (Lipinski definition) is 7. The van der Waals surface area contributed by atoms with Crippen LogP contribution >= 0.6 is 0 Å². The number of ether oxygens (including phenoxy) is 3. The van der Waals surface area contributed by atoms with Crippen LogP contribution in [0.1, 0.15) is 110 Å². The molecule has 0 aromatic heterocycles. The van der Waals surface area contributed by atoms with Gasteiger partial charge in [-0.1, -0.05) is 161 Å². The third kappa shape index (κ3) is 35.4. The Balaban J connectivity index is 4.56. The first-order valence-corrected chi connectivity index (χ1v) is 20.7. The molecule has 312 valence electrons. The molecule has 0 aromatic carbocycles.